The van der Waals surface area contributed by atoms with Crippen LogP contribution in [0.5, 0.6) is 0 Å². The van der Waals surface area contributed by atoms with Crippen LogP contribution in [0.15, 0.2) is 24.4 Å². The van der Waals surface area contributed by atoms with Crippen LogP contribution in [0.3, 0.4) is 0 Å². The van der Waals surface area contributed by atoms with Gasteiger partial charge in [0.15, 0.2) is 0 Å². The molecular weight excluding hydrogens is 362 g/mol. The number of ether oxygens (including phenoxy) is 1. The molecule has 7 heteroatoms. The molecule has 1 saturated carbocycles. The van der Waals surface area contributed by atoms with E-state index in [9.17, 15) is 9.59 Å². The van der Waals surface area contributed by atoms with E-state index < -0.39 is 0 Å². The molecule has 142 valence electrons. The summed E-state index contributed by atoms with van der Waals surface area (Å²) in [7, 11) is 1.39. The molecule has 0 unspecified atom stereocenters. The lowest BCUT2D eigenvalue weighted by Crippen LogP contribution is -2.49. The normalized spacial score (nSPS) is 17.1. The number of amides is 1. The Kier molecular flexibility index (Phi) is 4.86. The molecule has 1 aliphatic carbocycles. The number of aryl methyl sites for hydroxylation is 1. The van der Waals surface area contributed by atoms with Gasteiger partial charge < -0.3 is 14.5 Å². The lowest BCUT2D eigenvalue weighted by Gasteiger charge is -2.36. The molecule has 6 nitrogen and oxygen atoms in total. The first-order valence-electron chi connectivity index (χ1n) is 9.25. The smallest absolute Gasteiger partial charge is 0.348 e. The molecule has 27 heavy (non-hydrogen) atoms. The number of nitrogens with zero attached hydrogens (tertiary/aromatic N) is 3. The zero-order valence-electron chi connectivity index (χ0n) is 15.6. The molecule has 2 aromatic rings. The van der Waals surface area contributed by atoms with E-state index in [1.54, 1.807) is 0 Å². The van der Waals surface area contributed by atoms with E-state index in [1.165, 1.54) is 18.4 Å². The van der Waals surface area contributed by atoms with E-state index in [2.05, 4.69) is 16.0 Å². The predicted octanol–water partition coefficient (Wildman–Crippen LogP) is 2.96. The van der Waals surface area contributed by atoms with Crippen molar-refractivity contribution in [3.05, 3.63) is 34.2 Å². The van der Waals surface area contributed by atoms with Gasteiger partial charge in [0.2, 0.25) is 5.91 Å². The van der Waals surface area contributed by atoms with Gasteiger partial charge >= 0.3 is 5.97 Å². The first kappa shape index (κ1) is 18.0. The van der Waals surface area contributed by atoms with Gasteiger partial charge in [0.1, 0.15) is 4.88 Å². The van der Waals surface area contributed by atoms with Crippen molar-refractivity contribution in [3.8, 4) is 11.3 Å². The summed E-state index contributed by atoms with van der Waals surface area (Å²) in [5, 5.41) is 0. The largest absolute Gasteiger partial charge is 0.465 e. The molecule has 3 heterocycles. The van der Waals surface area contributed by atoms with Gasteiger partial charge in [0.05, 0.1) is 24.7 Å². The molecule has 1 amide bonds. The molecular formula is C20H23N3O3S. The third-order valence-electron chi connectivity index (χ3n) is 5.21. The number of piperazine rings is 1. The maximum Gasteiger partial charge on any atom is 0.348 e. The van der Waals surface area contributed by atoms with Crippen LogP contribution >= 0.6 is 11.3 Å². The highest BCUT2D eigenvalue weighted by atomic mass is 32.1. The molecule has 0 atom stereocenters. The number of thiophene rings is 1. The van der Waals surface area contributed by atoms with Crippen molar-refractivity contribution in [2.24, 2.45) is 5.92 Å². The molecule has 1 aliphatic heterocycles. The minimum atomic E-state index is -0.315. The maximum absolute atomic E-state index is 12.2. The van der Waals surface area contributed by atoms with Crippen LogP contribution in [-0.2, 0) is 9.53 Å². The van der Waals surface area contributed by atoms with Crippen molar-refractivity contribution >= 4 is 28.9 Å². The Morgan fingerprint density at radius 3 is 2.52 bits per heavy atom. The van der Waals surface area contributed by atoms with Crippen LogP contribution in [0.25, 0.3) is 11.3 Å². The Morgan fingerprint density at radius 1 is 1.19 bits per heavy atom. The molecule has 2 fully saturated rings. The molecule has 1 saturated heterocycles. The second-order valence-electron chi connectivity index (χ2n) is 7.06. The topological polar surface area (TPSA) is 62.7 Å². The number of carbonyl (C=O) groups excluding carboxylic acids is 2. The summed E-state index contributed by atoms with van der Waals surface area (Å²) >= 11 is 1.42. The van der Waals surface area contributed by atoms with Gasteiger partial charge in [-0.3, -0.25) is 9.78 Å². The van der Waals surface area contributed by atoms with E-state index in [1.807, 2.05) is 30.2 Å². The van der Waals surface area contributed by atoms with Crippen LogP contribution in [0.4, 0.5) is 5.69 Å². The van der Waals surface area contributed by atoms with E-state index in [4.69, 9.17) is 4.74 Å². The van der Waals surface area contributed by atoms with Crippen LogP contribution in [-0.4, -0.2) is 55.0 Å². The number of rotatable bonds is 4. The van der Waals surface area contributed by atoms with Gasteiger partial charge in [0, 0.05) is 42.5 Å². The SMILES string of the molecule is COC(=O)c1cc(-c2ccc(N3CCN(C(=O)C4CC4)CC3)cn2)c(C)s1. The molecule has 0 N–H and O–H groups in total. The summed E-state index contributed by atoms with van der Waals surface area (Å²) in [5.74, 6) is 0.309. The number of pyridine rings is 1. The number of anilines is 1. The van der Waals surface area contributed by atoms with Crippen molar-refractivity contribution < 1.29 is 14.3 Å². The highest BCUT2D eigenvalue weighted by molar-refractivity contribution is 7.14. The van der Waals surface area contributed by atoms with Crippen molar-refractivity contribution in [1.82, 2.24) is 9.88 Å². The predicted molar refractivity (Wildman–Crippen MR) is 105 cm³/mol. The number of carbonyl (C=O) groups is 2. The van der Waals surface area contributed by atoms with E-state index in [-0.39, 0.29) is 5.97 Å². The molecule has 0 radical (unpaired) electrons. The standard InChI is InChI=1S/C20H23N3O3S/c1-13-16(11-18(27-13)20(25)26-2)17-6-5-15(12-21-17)22-7-9-23(10-8-22)19(24)14-3-4-14/h5-6,11-12,14H,3-4,7-10H2,1-2H3. The van der Waals surface area contributed by atoms with E-state index in [0.717, 1.165) is 60.8 Å². The average Bonchev–Trinajstić information content (AvgIpc) is 3.49. The first-order valence-corrected chi connectivity index (χ1v) is 10.1. The molecule has 0 aromatic carbocycles. The first-order chi connectivity index (χ1) is 13.1. The summed E-state index contributed by atoms with van der Waals surface area (Å²) in [4.78, 5) is 34.4. The summed E-state index contributed by atoms with van der Waals surface area (Å²) in [6.07, 6.45) is 4.00. The highest BCUT2D eigenvalue weighted by Gasteiger charge is 2.34. The number of methoxy groups -OCH3 is 1. The molecule has 0 spiro atoms. The average molecular weight is 385 g/mol. The minimum Gasteiger partial charge on any atom is -0.465 e. The Balaban J connectivity index is 1.43. The lowest BCUT2D eigenvalue weighted by molar-refractivity contribution is -0.132. The number of hydrogen-bond acceptors (Lipinski definition) is 6. The number of aromatic nitrogens is 1. The monoisotopic (exact) mass is 385 g/mol. The van der Waals surface area contributed by atoms with Gasteiger partial charge in [-0.15, -0.1) is 11.3 Å². The second-order valence-corrected chi connectivity index (χ2v) is 8.32. The third kappa shape index (κ3) is 3.69. The zero-order chi connectivity index (χ0) is 19.0. The summed E-state index contributed by atoms with van der Waals surface area (Å²) in [6, 6.07) is 5.90. The van der Waals surface area contributed by atoms with Gasteiger partial charge in [-0.05, 0) is 38.0 Å². The van der Waals surface area contributed by atoms with Crippen LogP contribution in [0.2, 0.25) is 0 Å². The van der Waals surface area contributed by atoms with E-state index in [0.29, 0.717) is 16.7 Å². The fourth-order valence-corrected chi connectivity index (χ4v) is 4.39. The Morgan fingerprint density at radius 2 is 1.93 bits per heavy atom. The van der Waals surface area contributed by atoms with Gasteiger partial charge in [-0.1, -0.05) is 0 Å². The van der Waals surface area contributed by atoms with Crippen LogP contribution in [0, 0.1) is 12.8 Å². The molecule has 0 bridgehead atoms. The van der Waals surface area contributed by atoms with Crippen molar-refractivity contribution in [1.29, 1.82) is 0 Å². The van der Waals surface area contributed by atoms with E-state index >= 15 is 0 Å². The Hall–Kier alpha value is -2.41. The number of hydrogen-bond donors (Lipinski definition) is 0. The van der Waals surface area contributed by atoms with Crippen LogP contribution < -0.4 is 4.90 Å². The van der Waals surface area contributed by atoms with Crippen molar-refractivity contribution in [2.45, 2.75) is 19.8 Å². The quantitative estimate of drug-likeness (QED) is 0.757. The maximum atomic E-state index is 12.2. The zero-order valence-corrected chi connectivity index (χ0v) is 16.4. The summed E-state index contributed by atoms with van der Waals surface area (Å²) in [6.45, 7) is 5.22. The lowest BCUT2D eigenvalue weighted by atomic mass is 10.1. The fraction of sp³-hybridized carbons (Fsp3) is 0.450. The minimum absolute atomic E-state index is 0.293. The van der Waals surface area contributed by atoms with Gasteiger partial charge in [0.25, 0.3) is 0 Å². The third-order valence-corrected chi connectivity index (χ3v) is 6.24. The van der Waals surface area contributed by atoms with Crippen LogP contribution in [0.1, 0.15) is 27.4 Å². The fourth-order valence-electron chi connectivity index (χ4n) is 3.44. The summed E-state index contributed by atoms with van der Waals surface area (Å²) < 4.78 is 4.80. The molecule has 2 aliphatic rings. The van der Waals surface area contributed by atoms with Crippen molar-refractivity contribution in [3.63, 3.8) is 0 Å². The second kappa shape index (κ2) is 7.31. The molecule has 4 rings (SSSR count). The van der Waals surface area contributed by atoms with Crippen molar-refractivity contribution in [2.75, 3.05) is 38.2 Å². The summed E-state index contributed by atoms with van der Waals surface area (Å²) in [5.41, 5.74) is 2.88. The molecule has 2 aromatic heterocycles. The Labute approximate surface area is 162 Å². The van der Waals surface area contributed by atoms with Gasteiger partial charge in [-0.2, -0.15) is 0 Å². The number of esters is 1. The Bertz CT molecular complexity index is 850. The van der Waals surface area contributed by atoms with Gasteiger partial charge in [-0.25, -0.2) is 4.79 Å². The highest BCUT2D eigenvalue weighted by Crippen LogP contribution is 2.32.